The Morgan fingerprint density at radius 2 is 2.00 bits per heavy atom. The lowest BCUT2D eigenvalue weighted by atomic mass is 10.2. The van der Waals surface area contributed by atoms with Crippen LogP contribution in [0, 0.1) is 6.92 Å². The van der Waals surface area contributed by atoms with Gasteiger partial charge in [-0.15, -0.1) is 11.3 Å². The van der Waals surface area contributed by atoms with Crippen molar-refractivity contribution in [1.29, 1.82) is 0 Å². The second-order valence-corrected chi connectivity index (χ2v) is 6.87. The molecule has 0 aliphatic heterocycles. The summed E-state index contributed by atoms with van der Waals surface area (Å²) in [7, 11) is 1.68. The van der Waals surface area contributed by atoms with Crippen molar-refractivity contribution in [2.24, 2.45) is 4.99 Å². The lowest BCUT2D eigenvalue weighted by Crippen LogP contribution is -2.38. The molecule has 0 fully saturated rings. The van der Waals surface area contributed by atoms with E-state index < -0.39 is 0 Å². The zero-order valence-corrected chi connectivity index (χ0v) is 16.0. The topological polar surface area (TPSA) is 54.9 Å². The lowest BCUT2D eigenvalue weighted by molar-refractivity contribution is 0.123. The SMILES string of the molecule is CCNC(=NCc1ccc(C)s1)NCCOCc1ccccc1OC. The number of rotatable bonds is 9. The highest BCUT2D eigenvalue weighted by Crippen LogP contribution is 2.18. The first-order chi connectivity index (χ1) is 12.2. The molecule has 6 heteroatoms. The largest absolute Gasteiger partial charge is 0.496 e. The van der Waals surface area contributed by atoms with Gasteiger partial charge in [0.2, 0.25) is 0 Å². The Morgan fingerprint density at radius 1 is 1.16 bits per heavy atom. The molecule has 136 valence electrons. The van der Waals surface area contributed by atoms with Crippen molar-refractivity contribution >= 4 is 17.3 Å². The van der Waals surface area contributed by atoms with Crippen molar-refractivity contribution < 1.29 is 9.47 Å². The van der Waals surface area contributed by atoms with Gasteiger partial charge in [0.15, 0.2) is 5.96 Å². The molecule has 2 aromatic rings. The number of aliphatic imine (C=N–C) groups is 1. The van der Waals surface area contributed by atoms with E-state index in [9.17, 15) is 0 Å². The van der Waals surface area contributed by atoms with Gasteiger partial charge in [-0.3, -0.25) is 0 Å². The van der Waals surface area contributed by atoms with Gasteiger partial charge < -0.3 is 20.1 Å². The molecule has 25 heavy (non-hydrogen) atoms. The number of hydrogen-bond donors (Lipinski definition) is 2. The molecular formula is C19H27N3O2S. The lowest BCUT2D eigenvalue weighted by Gasteiger charge is -2.12. The van der Waals surface area contributed by atoms with Crippen molar-refractivity contribution in [2.45, 2.75) is 27.0 Å². The minimum Gasteiger partial charge on any atom is -0.496 e. The Bertz CT molecular complexity index is 670. The average molecular weight is 362 g/mol. The molecule has 0 atom stereocenters. The highest BCUT2D eigenvalue weighted by Gasteiger charge is 2.02. The predicted octanol–water partition coefficient (Wildman–Crippen LogP) is 3.34. The summed E-state index contributed by atoms with van der Waals surface area (Å²) in [5.74, 6) is 1.67. The van der Waals surface area contributed by atoms with Gasteiger partial charge in [-0.05, 0) is 32.0 Å². The predicted molar refractivity (Wildman–Crippen MR) is 105 cm³/mol. The number of nitrogens with zero attached hydrogens (tertiary/aromatic N) is 1. The number of hydrogen-bond acceptors (Lipinski definition) is 4. The molecule has 0 aliphatic carbocycles. The molecule has 1 aromatic heterocycles. The first kappa shape index (κ1) is 19.3. The van der Waals surface area contributed by atoms with Crippen molar-refractivity contribution in [1.82, 2.24) is 10.6 Å². The van der Waals surface area contributed by atoms with E-state index in [0.717, 1.165) is 23.8 Å². The summed E-state index contributed by atoms with van der Waals surface area (Å²) in [6.45, 7) is 7.53. The van der Waals surface area contributed by atoms with Gasteiger partial charge in [-0.1, -0.05) is 18.2 Å². The summed E-state index contributed by atoms with van der Waals surface area (Å²) < 4.78 is 11.1. The number of guanidine groups is 1. The van der Waals surface area contributed by atoms with Crippen LogP contribution in [0.4, 0.5) is 0 Å². The van der Waals surface area contributed by atoms with Crippen LogP contribution in [0.25, 0.3) is 0 Å². The third-order valence-corrected chi connectivity index (χ3v) is 4.51. The van der Waals surface area contributed by atoms with E-state index in [2.05, 4.69) is 41.6 Å². The fourth-order valence-electron chi connectivity index (χ4n) is 2.31. The van der Waals surface area contributed by atoms with Crippen molar-refractivity contribution in [3.63, 3.8) is 0 Å². The summed E-state index contributed by atoms with van der Waals surface area (Å²) in [5.41, 5.74) is 1.05. The summed E-state index contributed by atoms with van der Waals surface area (Å²) >= 11 is 1.78. The fraction of sp³-hybridized carbons (Fsp3) is 0.421. The van der Waals surface area contributed by atoms with Crippen molar-refractivity contribution in [3.8, 4) is 5.75 Å². The Kier molecular flexibility index (Phi) is 8.28. The third-order valence-electron chi connectivity index (χ3n) is 3.52. The number of nitrogens with one attached hydrogen (secondary N) is 2. The quantitative estimate of drug-likeness (QED) is 0.409. The van der Waals surface area contributed by atoms with E-state index in [1.807, 2.05) is 24.3 Å². The van der Waals surface area contributed by atoms with Gasteiger partial charge in [0.05, 0.1) is 26.9 Å². The molecule has 1 heterocycles. The molecule has 0 aliphatic rings. The summed E-state index contributed by atoms with van der Waals surface area (Å²) in [6, 6.07) is 12.2. The highest BCUT2D eigenvalue weighted by atomic mass is 32.1. The van der Waals surface area contributed by atoms with Crippen LogP contribution in [0.5, 0.6) is 5.75 Å². The number of ether oxygens (including phenoxy) is 2. The number of aryl methyl sites for hydroxylation is 1. The van der Waals surface area contributed by atoms with Gasteiger partial charge in [0.25, 0.3) is 0 Å². The molecule has 0 unspecified atom stereocenters. The molecule has 0 saturated carbocycles. The van der Waals surface area contributed by atoms with Gasteiger partial charge in [0, 0.05) is 28.4 Å². The minimum absolute atomic E-state index is 0.536. The number of para-hydroxylation sites is 1. The van der Waals surface area contributed by atoms with E-state index >= 15 is 0 Å². The Hall–Kier alpha value is -2.05. The van der Waals surface area contributed by atoms with E-state index in [0.29, 0.717) is 26.3 Å². The molecular weight excluding hydrogens is 334 g/mol. The van der Waals surface area contributed by atoms with E-state index in [1.165, 1.54) is 9.75 Å². The molecule has 0 spiro atoms. The number of thiophene rings is 1. The average Bonchev–Trinajstić information content (AvgIpc) is 3.05. The minimum atomic E-state index is 0.536. The molecule has 0 saturated heterocycles. The van der Waals surface area contributed by atoms with Gasteiger partial charge in [-0.25, -0.2) is 4.99 Å². The van der Waals surface area contributed by atoms with Crippen LogP contribution < -0.4 is 15.4 Å². The van der Waals surface area contributed by atoms with Crippen LogP contribution >= 0.6 is 11.3 Å². The number of methoxy groups -OCH3 is 1. The van der Waals surface area contributed by atoms with E-state index in [4.69, 9.17) is 9.47 Å². The highest BCUT2D eigenvalue weighted by molar-refractivity contribution is 7.11. The molecule has 0 bridgehead atoms. The Morgan fingerprint density at radius 3 is 2.72 bits per heavy atom. The molecule has 0 radical (unpaired) electrons. The summed E-state index contributed by atoms with van der Waals surface area (Å²) in [4.78, 5) is 7.19. The molecule has 1 aromatic carbocycles. The Labute approximate surface area is 154 Å². The third kappa shape index (κ3) is 6.76. The monoisotopic (exact) mass is 361 g/mol. The maximum absolute atomic E-state index is 5.73. The molecule has 5 nitrogen and oxygen atoms in total. The van der Waals surface area contributed by atoms with Crippen molar-refractivity contribution in [3.05, 3.63) is 51.7 Å². The van der Waals surface area contributed by atoms with Gasteiger partial charge in [0.1, 0.15) is 5.75 Å². The first-order valence-corrected chi connectivity index (χ1v) is 9.31. The molecule has 2 rings (SSSR count). The fourth-order valence-corrected chi connectivity index (χ4v) is 3.13. The van der Waals surface area contributed by atoms with Crippen LogP contribution in [-0.4, -0.2) is 32.8 Å². The van der Waals surface area contributed by atoms with E-state index in [1.54, 1.807) is 18.4 Å². The smallest absolute Gasteiger partial charge is 0.191 e. The maximum atomic E-state index is 5.73. The number of benzene rings is 1. The second kappa shape index (κ2) is 10.7. The van der Waals surface area contributed by atoms with Crippen molar-refractivity contribution in [2.75, 3.05) is 26.8 Å². The van der Waals surface area contributed by atoms with Crippen LogP contribution in [0.3, 0.4) is 0 Å². The zero-order chi connectivity index (χ0) is 17.9. The Balaban J connectivity index is 1.73. The van der Waals surface area contributed by atoms with Crippen LogP contribution in [0.15, 0.2) is 41.4 Å². The van der Waals surface area contributed by atoms with Crippen LogP contribution in [0.1, 0.15) is 22.2 Å². The van der Waals surface area contributed by atoms with Crippen LogP contribution in [0.2, 0.25) is 0 Å². The summed E-state index contributed by atoms with van der Waals surface area (Å²) in [5, 5.41) is 6.55. The van der Waals surface area contributed by atoms with Crippen LogP contribution in [-0.2, 0) is 17.9 Å². The molecule has 2 N–H and O–H groups in total. The second-order valence-electron chi connectivity index (χ2n) is 5.50. The summed E-state index contributed by atoms with van der Waals surface area (Å²) in [6.07, 6.45) is 0. The van der Waals surface area contributed by atoms with E-state index in [-0.39, 0.29) is 0 Å². The van der Waals surface area contributed by atoms with Gasteiger partial charge >= 0.3 is 0 Å². The van der Waals surface area contributed by atoms with Gasteiger partial charge in [-0.2, -0.15) is 0 Å². The maximum Gasteiger partial charge on any atom is 0.191 e. The first-order valence-electron chi connectivity index (χ1n) is 8.50. The standard InChI is InChI=1S/C19H27N3O2S/c1-4-20-19(22-13-17-10-9-15(2)25-17)21-11-12-24-14-16-7-5-6-8-18(16)23-3/h5-10H,4,11-14H2,1-3H3,(H2,20,21,22). The normalized spacial score (nSPS) is 11.4. The molecule has 0 amide bonds. The zero-order valence-electron chi connectivity index (χ0n) is 15.2.